The lowest BCUT2D eigenvalue weighted by Crippen LogP contribution is -2.41. The summed E-state index contributed by atoms with van der Waals surface area (Å²) in [7, 11) is -0.349. The summed E-state index contributed by atoms with van der Waals surface area (Å²) in [5.41, 5.74) is 2.64. The van der Waals surface area contributed by atoms with Crippen molar-refractivity contribution in [3.8, 4) is 0 Å². The van der Waals surface area contributed by atoms with Crippen LogP contribution >= 0.6 is 39.1 Å². The molecular weight excluding hydrogens is 558 g/mol. The molecule has 196 valence electrons. The summed E-state index contributed by atoms with van der Waals surface area (Å²) >= 11 is 16.1. The molecule has 0 radical (unpaired) electrons. The highest BCUT2D eigenvalue weighted by Crippen LogP contribution is 2.37. The molecular formula is C28H38BBrCl2N2O2. The molecule has 0 atom stereocenters. The van der Waals surface area contributed by atoms with Crippen LogP contribution in [0.15, 0.2) is 40.9 Å². The van der Waals surface area contributed by atoms with Gasteiger partial charge >= 0.3 is 7.12 Å². The highest BCUT2D eigenvalue weighted by molar-refractivity contribution is 9.10. The van der Waals surface area contributed by atoms with Gasteiger partial charge < -0.3 is 19.1 Å². The van der Waals surface area contributed by atoms with E-state index in [1.54, 1.807) is 0 Å². The number of anilines is 2. The van der Waals surface area contributed by atoms with Crippen LogP contribution in [0, 0.1) is 0 Å². The average molecular weight is 596 g/mol. The summed E-state index contributed by atoms with van der Waals surface area (Å²) in [5.74, 6) is 0. The van der Waals surface area contributed by atoms with E-state index >= 15 is 0 Å². The Bertz CT molecular complexity index is 1020. The maximum atomic E-state index is 6.53. The zero-order chi connectivity index (χ0) is 25.9. The summed E-state index contributed by atoms with van der Waals surface area (Å²) < 4.78 is 13.2. The lowest BCUT2D eigenvalue weighted by Gasteiger charge is -2.32. The standard InChI is InChI=1S/C17H25BClNO2.C11H13BrClN/c1-16(2)17(3,4)22-18(21-16)13-8-9-15(14(19)12-13)20-10-6-5-7-11-20;12-9-4-5-11(10(13)8-9)14-6-2-1-3-7-14/h8-9,12H,5-7,10-11H2,1-4H3;4-5,8H,1-3,6-7H2. The molecule has 3 aliphatic heterocycles. The Balaban J connectivity index is 0.000000187. The van der Waals surface area contributed by atoms with Crippen LogP contribution in [0.5, 0.6) is 0 Å². The van der Waals surface area contributed by atoms with Crippen molar-refractivity contribution < 1.29 is 9.31 Å². The Morgan fingerprint density at radius 2 is 1.14 bits per heavy atom. The molecule has 36 heavy (non-hydrogen) atoms. The second-order valence-electron chi connectivity index (χ2n) is 11.0. The number of benzene rings is 2. The molecule has 3 aliphatic rings. The first-order valence-electron chi connectivity index (χ1n) is 13.2. The van der Waals surface area contributed by atoms with Gasteiger partial charge in [-0.2, -0.15) is 0 Å². The van der Waals surface area contributed by atoms with E-state index in [4.69, 9.17) is 32.5 Å². The van der Waals surface area contributed by atoms with Crippen LogP contribution in [0.4, 0.5) is 11.4 Å². The van der Waals surface area contributed by atoms with Gasteiger partial charge in [0.25, 0.3) is 0 Å². The molecule has 0 saturated carbocycles. The van der Waals surface area contributed by atoms with E-state index in [1.807, 2.05) is 12.1 Å². The molecule has 3 saturated heterocycles. The molecule has 2 aromatic carbocycles. The monoisotopic (exact) mass is 594 g/mol. The minimum atomic E-state index is -0.349. The van der Waals surface area contributed by atoms with E-state index in [-0.39, 0.29) is 18.3 Å². The number of hydrogen-bond acceptors (Lipinski definition) is 4. The third kappa shape index (κ3) is 6.55. The molecule has 3 fully saturated rings. The number of hydrogen-bond donors (Lipinski definition) is 0. The lowest BCUT2D eigenvalue weighted by molar-refractivity contribution is 0.00578. The first kappa shape index (κ1) is 28.1. The highest BCUT2D eigenvalue weighted by Gasteiger charge is 2.51. The molecule has 4 nitrogen and oxygen atoms in total. The van der Waals surface area contributed by atoms with Gasteiger partial charge in [0.2, 0.25) is 0 Å². The molecule has 0 bridgehead atoms. The van der Waals surface area contributed by atoms with Crippen LogP contribution in [0.3, 0.4) is 0 Å². The molecule has 0 unspecified atom stereocenters. The molecule has 2 aromatic rings. The molecule has 3 heterocycles. The van der Waals surface area contributed by atoms with E-state index in [9.17, 15) is 0 Å². The first-order chi connectivity index (χ1) is 17.1. The second-order valence-corrected chi connectivity index (χ2v) is 12.7. The topological polar surface area (TPSA) is 24.9 Å². The maximum absolute atomic E-state index is 6.53. The van der Waals surface area contributed by atoms with Gasteiger partial charge in [0.05, 0.1) is 32.6 Å². The summed E-state index contributed by atoms with van der Waals surface area (Å²) in [6.45, 7) is 12.7. The van der Waals surface area contributed by atoms with E-state index in [0.29, 0.717) is 0 Å². The predicted octanol–water partition coefficient (Wildman–Crippen LogP) is 7.72. The Morgan fingerprint density at radius 3 is 1.58 bits per heavy atom. The van der Waals surface area contributed by atoms with E-state index in [2.05, 4.69) is 77.7 Å². The third-order valence-corrected chi connectivity index (χ3v) is 8.90. The number of nitrogens with zero attached hydrogens (tertiary/aromatic N) is 2. The first-order valence-corrected chi connectivity index (χ1v) is 14.7. The van der Waals surface area contributed by atoms with Crippen LogP contribution in [0.1, 0.15) is 66.2 Å². The van der Waals surface area contributed by atoms with E-state index in [0.717, 1.165) is 51.8 Å². The van der Waals surface area contributed by atoms with Crippen LogP contribution in [0.2, 0.25) is 10.0 Å². The molecule has 0 aromatic heterocycles. The van der Waals surface area contributed by atoms with Crippen molar-refractivity contribution in [2.45, 2.75) is 77.4 Å². The molecule has 0 amide bonds. The normalized spacial score (nSPS) is 21.2. The van der Waals surface area contributed by atoms with Gasteiger partial charge in [0.1, 0.15) is 0 Å². The third-order valence-electron chi connectivity index (χ3n) is 7.80. The van der Waals surface area contributed by atoms with Gasteiger partial charge in [-0.25, -0.2) is 0 Å². The summed E-state index contributed by atoms with van der Waals surface area (Å²) in [5, 5.41) is 1.63. The Hall–Kier alpha value is -0.915. The number of halogens is 3. The average Bonchev–Trinajstić information content (AvgIpc) is 3.07. The summed E-state index contributed by atoms with van der Waals surface area (Å²) in [6, 6.07) is 12.3. The lowest BCUT2D eigenvalue weighted by atomic mass is 9.79. The van der Waals surface area contributed by atoms with Crippen LogP contribution in [-0.4, -0.2) is 44.5 Å². The van der Waals surface area contributed by atoms with Gasteiger partial charge in [-0.1, -0.05) is 45.2 Å². The minimum Gasteiger partial charge on any atom is -0.399 e. The molecule has 8 heteroatoms. The van der Waals surface area contributed by atoms with Crippen molar-refractivity contribution in [1.29, 1.82) is 0 Å². The Morgan fingerprint density at radius 1 is 0.694 bits per heavy atom. The molecule has 5 rings (SSSR count). The number of rotatable bonds is 3. The van der Waals surface area contributed by atoms with E-state index < -0.39 is 0 Å². The van der Waals surface area contributed by atoms with Gasteiger partial charge in [0.15, 0.2) is 0 Å². The fraction of sp³-hybridized carbons (Fsp3) is 0.571. The largest absolute Gasteiger partial charge is 0.494 e. The van der Waals surface area contributed by atoms with Gasteiger partial charge in [0, 0.05) is 30.7 Å². The second kappa shape index (κ2) is 11.9. The quantitative estimate of drug-likeness (QED) is 0.339. The highest BCUT2D eigenvalue weighted by atomic mass is 79.9. The van der Waals surface area contributed by atoms with Crippen LogP contribution < -0.4 is 15.3 Å². The van der Waals surface area contributed by atoms with Crippen LogP contribution in [0.25, 0.3) is 0 Å². The minimum absolute atomic E-state index is 0.324. The number of piperidine rings is 2. The Labute approximate surface area is 235 Å². The predicted molar refractivity (Wildman–Crippen MR) is 158 cm³/mol. The Kier molecular flexibility index (Phi) is 9.26. The zero-order valence-corrected chi connectivity index (χ0v) is 25.1. The van der Waals surface area contributed by atoms with Crippen LogP contribution in [-0.2, 0) is 9.31 Å². The fourth-order valence-corrected chi connectivity index (χ4v) is 6.01. The van der Waals surface area contributed by atoms with Crippen molar-refractivity contribution in [1.82, 2.24) is 0 Å². The summed E-state index contributed by atoms with van der Waals surface area (Å²) in [4.78, 5) is 4.75. The van der Waals surface area contributed by atoms with Gasteiger partial charge in [-0.15, -0.1) is 0 Å². The van der Waals surface area contributed by atoms with Gasteiger partial charge in [-0.05, 0) is 102 Å². The molecule has 0 aliphatic carbocycles. The summed E-state index contributed by atoms with van der Waals surface area (Å²) in [6.07, 6.45) is 7.73. The van der Waals surface area contributed by atoms with Crippen molar-refractivity contribution in [2.24, 2.45) is 0 Å². The zero-order valence-electron chi connectivity index (χ0n) is 22.0. The van der Waals surface area contributed by atoms with Crippen molar-refractivity contribution in [3.63, 3.8) is 0 Å². The SMILES string of the molecule is CC1(C)OB(c2ccc(N3CCCCC3)c(Cl)c2)OC1(C)C.Clc1cc(Br)ccc1N1CCCCC1. The molecule has 0 spiro atoms. The fourth-order valence-electron chi connectivity index (χ4n) is 4.91. The smallest absolute Gasteiger partial charge is 0.399 e. The van der Waals surface area contributed by atoms with Crippen molar-refractivity contribution in [2.75, 3.05) is 36.0 Å². The molecule has 0 N–H and O–H groups in total. The van der Waals surface area contributed by atoms with Crippen molar-refractivity contribution >= 4 is 63.1 Å². The van der Waals surface area contributed by atoms with Gasteiger partial charge in [-0.3, -0.25) is 0 Å². The maximum Gasteiger partial charge on any atom is 0.494 e. The van der Waals surface area contributed by atoms with E-state index in [1.165, 1.54) is 44.2 Å². The van der Waals surface area contributed by atoms with Crippen molar-refractivity contribution in [3.05, 3.63) is 50.9 Å².